The van der Waals surface area contributed by atoms with Crippen molar-refractivity contribution in [1.82, 2.24) is 0 Å². The molecule has 1 aromatic carbocycles. The zero-order valence-electron chi connectivity index (χ0n) is 10.5. The minimum absolute atomic E-state index is 0.0779. The van der Waals surface area contributed by atoms with Crippen LogP contribution in [0.25, 0.3) is 0 Å². The SMILES string of the molecule is FC(F)(F)COCCC(CCl)(CCl)c1cccc(Cl)c1. The Morgan fingerprint density at radius 3 is 2.25 bits per heavy atom. The minimum atomic E-state index is -4.33. The molecule has 0 heterocycles. The predicted octanol–water partition coefficient (Wildman–Crippen LogP) is 5.02. The fourth-order valence-electron chi connectivity index (χ4n) is 1.74. The highest BCUT2D eigenvalue weighted by Crippen LogP contribution is 2.33. The van der Waals surface area contributed by atoms with Gasteiger partial charge in [0.25, 0.3) is 0 Å². The fourth-order valence-corrected chi connectivity index (χ4v) is 2.79. The monoisotopic (exact) mass is 348 g/mol. The van der Waals surface area contributed by atoms with Gasteiger partial charge in [0.1, 0.15) is 6.61 Å². The van der Waals surface area contributed by atoms with Gasteiger partial charge in [0, 0.05) is 28.8 Å². The number of rotatable bonds is 7. The second kappa shape index (κ2) is 7.74. The maximum atomic E-state index is 12.0. The number of halogens is 6. The Kier molecular flexibility index (Phi) is 6.92. The van der Waals surface area contributed by atoms with E-state index in [1.54, 1.807) is 24.3 Å². The molecule has 1 aromatic rings. The van der Waals surface area contributed by atoms with E-state index in [9.17, 15) is 13.2 Å². The largest absolute Gasteiger partial charge is 0.411 e. The third-order valence-electron chi connectivity index (χ3n) is 2.94. The molecule has 0 bridgehead atoms. The summed E-state index contributed by atoms with van der Waals surface area (Å²) in [6, 6.07) is 6.98. The lowest BCUT2D eigenvalue weighted by atomic mass is 9.81. The standard InChI is InChI=1S/C13H14Cl3F3O/c14-7-12(8-15,4-5-20-9-13(17,18)19)10-2-1-3-11(16)6-10/h1-3,6H,4-5,7-9H2. The molecular formula is C13H14Cl3F3O. The molecule has 7 heteroatoms. The summed E-state index contributed by atoms with van der Waals surface area (Å²) in [5.41, 5.74) is 0.144. The van der Waals surface area contributed by atoms with E-state index in [0.29, 0.717) is 5.02 Å². The van der Waals surface area contributed by atoms with Crippen LogP contribution in [0.3, 0.4) is 0 Å². The number of benzene rings is 1. The van der Waals surface area contributed by atoms with Crippen LogP contribution in [-0.4, -0.2) is 31.2 Å². The Labute approximate surface area is 131 Å². The van der Waals surface area contributed by atoms with Gasteiger partial charge in [-0.05, 0) is 24.1 Å². The molecule has 0 saturated heterocycles. The Morgan fingerprint density at radius 2 is 1.75 bits per heavy atom. The zero-order chi connectivity index (χ0) is 15.2. The van der Waals surface area contributed by atoms with Crippen molar-refractivity contribution in [3.63, 3.8) is 0 Å². The van der Waals surface area contributed by atoms with Gasteiger partial charge in [-0.2, -0.15) is 13.2 Å². The highest BCUT2D eigenvalue weighted by Gasteiger charge is 2.32. The predicted molar refractivity (Wildman–Crippen MR) is 76.1 cm³/mol. The molecule has 0 atom stereocenters. The smallest absolute Gasteiger partial charge is 0.372 e. The lowest BCUT2D eigenvalue weighted by molar-refractivity contribution is -0.174. The topological polar surface area (TPSA) is 9.23 Å². The summed E-state index contributed by atoms with van der Waals surface area (Å²) in [6.45, 7) is -1.35. The fraction of sp³-hybridized carbons (Fsp3) is 0.538. The van der Waals surface area contributed by atoms with Crippen molar-refractivity contribution in [2.45, 2.75) is 18.0 Å². The molecule has 0 unspecified atom stereocenters. The van der Waals surface area contributed by atoms with Crippen LogP contribution in [0, 0.1) is 0 Å². The molecule has 0 aliphatic carbocycles. The lowest BCUT2D eigenvalue weighted by Gasteiger charge is -2.30. The third-order valence-corrected chi connectivity index (χ3v) is 4.20. The average molecular weight is 350 g/mol. The molecule has 0 spiro atoms. The van der Waals surface area contributed by atoms with Gasteiger partial charge in [0.15, 0.2) is 0 Å². The molecule has 0 aromatic heterocycles. The zero-order valence-corrected chi connectivity index (χ0v) is 12.8. The van der Waals surface area contributed by atoms with Crippen molar-refractivity contribution in [1.29, 1.82) is 0 Å². The number of ether oxygens (including phenoxy) is 1. The summed E-state index contributed by atoms with van der Waals surface area (Å²) in [6.07, 6.45) is -4.04. The summed E-state index contributed by atoms with van der Waals surface area (Å²) in [5.74, 6) is 0.346. The quantitative estimate of drug-likeness (QED) is 0.496. The number of hydrogen-bond acceptors (Lipinski definition) is 1. The van der Waals surface area contributed by atoms with Gasteiger partial charge >= 0.3 is 6.18 Å². The van der Waals surface area contributed by atoms with Gasteiger partial charge < -0.3 is 4.74 Å². The first kappa shape index (κ1) is 17.9. The van der Waals surface area contributed by atoms with Gasteiger partial charge in [0.2, 0.25) is 0 Å². The van der Waals surface area contributed by atoms with E-state index in [0.717, 1.165) is 5.56 Å². The molecule has 0 aliphatic heterocycles. The lowest BCUT2D eigenvalue weighted by Crippen LogP contribution is -2.33. The van der Waals surface area contributed by atoms with E-state index < -0.39 is 18.2 Å². The van der Waals surface area contributed by atoms with E-state index >= 15 is 0 Å². The van der Waals surface area contributed by atoms with Gasteiger partial charge in [-0.1, -0.05) is 23.7 Å². The molecule has 0 amide bonds. The highest BCUT2D eigenvalue weighted by molar-refractivity contribution is 6.30. The molecule has 20 heavy (non-hydrogen) atoms. The summed E-state index contributed by atoms with van der Waals surface area (Å²) in [7, 11) is 0. The normalized spacial score (nSPS) is 12.7. The second-order valence-corrected chi connectivity index (χ2v) is 5.45. The first-order chi connectivity index (χ1) is 9.33. The van der Waals surface area contributed by atoms with E-state index in [4.69, 9.17) is 34.8 Å². The summed E-state index contributed by atoms with van der Waals surface area (Å²) in [5, 5.41) is 0.526. The molecule has 0 fully saturated rings. The van der Waals surface area contributed by atoms with E-state index in [1.165, 1.54) is 0 Å². The van der Waals surface area contributed by atoms with Crippen LogP contribution in [0.4, 0.5) is 13.2 Å². The third kappa shape index (κ3) is 5.32. The van der Waals surface area contributed by atoms with Crippen molar-refractivity contribution >= 4 is 34.8 Å². The second-order valence-electron chi connectivity index (χ2n) is 4.48. The van der Waals surface area contributed by atoms with Crippen molar-refractivity contribution < 1.29 is 17.9 Å². The van der Waals surface area contributed by atoms with E-state index in [1.807, 2.05) is 0 Å². The van der Waals surface area contributed by atoms with Crippen molar-refractivity contribution in [3.8, 4) is 0 Å². The van der Waals surface area contributed by atoms with Crippen molar-refractivity contribution in [2.24, 2.45) is 0 Å². The summed E-state index contributed by atoms with van der Waals surface area (Å²) in [4.78, 5) is 0. The Balaban J connectivity index is 2.72. The van der Waals surface area contributed by atoms with Crippen LogP contribution in [0.15, 0.2) is 24.3 Å². The Hall–Kier alpha value is -0.160. The Morgan fingerprint density at radius 1 is 1.10 bits per heavy atom. The Bertz CT molecular complexity index is 420. The molecule has 0 aliphatic rings. The molecule has 114 valence electrons. The average Bonchev–Trinajstić information content (AvgIpc) is 2.38. The van der Waals surface area contributed by atoms with Crippen LogP contribution < -0.4 is 0 Å². The first-order valence-corrected chi connectivity index (χ1v) is 7.30. The maximum absolute atomic E-state index is 12.0. The molecule has 0 N–H and O–H groups in total. The van der Waals surface area contributed by atoms with Crippen LogP contribution >= 0.6 is 34.8 Å². The molecule has 0 saturated carbocycles. The van der Waals surface area contributed by atoms with Gasteiger partial charge in [0.05, 0.1) is 0 Å². The molecule has 1 nitrogen and oxygen atoms in total. The number of hydrogen-bond donors (Lipinski definition) is 0. The van der Waals surface area contributed by atoms with Crippen LogP contribution in [-0.2, 0) is 10.2 Å². The minimum Gasteiger partial charge on any atom is -0.372 e. The van der Waals surface area contributed by atoms with Gasteiger partial charge in [-0.15, -0.1) is 23.2 Å². The van der Waals surface area contributed by atoms with E-state index in [-0.39, 0.29) is 24.8 Å². The van der Waals surface area contributed by atoms with Gasteiger partial charge in [-0.25, -0.2) is 0 Å². The molecule has 0 radical (unpaired) electrons. The highest BCUT2D eigenvalue weighted by atomic mass is 35.5. The molecular weight excluding hydrogens is 335 g/mol. The van der Waals surface area contributed by atoms with E-state index in [2.05, 4.69) is 4.74 Å². The molecule has 1 rings (SSSR count). The van der Waals surface area contributed by atoms with Crippen LogP contribution in [0.5, 0.6) is 0 Å². The van der Waals surface area contributed by atoms with Crippen LogP contribution in [0.1, 0.15) is 12.0 Å². The van der Waals surface area contributed by atoms with Crippen LogP contribution in [0.2, 0.25) is 5.02 Å². The van der Waals surface area contributed by atoms with Crippen molar-refractivity contribution in [2.75, 3.05) is 25.0 Å². The number of alkyl halides is 5. The van der Waals surface area contributed by atoms with Gasteiger partial charge in [-0.3, -0.25) is 0 Å². The first-order valence-electron chi connectivity index (χ1n) is 5.85. The van der Waals surface area contributed by atoms with Crippen molar-refractivity contribution in [3.05, 3.63) is 34.9 Å². The maximum Gasteiger partial charge on any atom is 0.411 e. The summed E-state index contributed by atoms with van der Waals surface area (Å²) < 4.78 is 40.7. The summed E-state index contributed by atoms with van der Waals surface area (Å²) >= 11 is 17.9.